The van der Waals surface area contributed by atoms with Gasteiger partial charge in [-0.2, -0.15) is 0 Å². The zero-order valence-corrected chi connectivity index (χ0v) is 11.7. The maximum atomic E-state index is 13.3. The maximum Gasteiger partial charge on any atom is 0.294 e. The smallest absolute Gasteiger partial charge is 0.294 e. The molecular formula is C12H17ClFN3O2. The molecule has 1 rings (SSSR count). The lowest BCUT2D eigenvalue weighted by Gasteiger charge is -2.10. The predicted octanol–water partition coefficient (Wildman–Crippen LogP) is 3.14. The van der Waals surface area contributed by atoms with Crippen LogP contribution in [0.5, 0.6) is 0 Å². The maximum absolute atomic E-state index is 13.3. The molecule has 1 aromatic rings. The van der Waals surface area contributed by atoms with E-state index in [0.717, 1.165) is 31.5 Å². The molecule has 7 heteroatoms. The highest BCUT2D eigenvalue weighted by Gasteiger charge is 2.17. The summed E-state index contributed by atoms with van der Waals surface area (Å²) >= 11 is 5.54. The van der Waals surface area contributed by atoms with E-state index in [2.05, 4.69) is 10.2 Å². The van der Waals surface area contributed by atoms with Crippen molar-refractivity contribution >= 4 is 23.0 Å². The molecule has 0 aliphatic rings. The molecule has 0 aromatic heterocycles. The Morgan fingerprint density at radius 2 is 2.11 bits per heavy atom. The Kier molecular flexibility index (Phi) is 5.98. The molecule has 0 bridgehead atoms. The van der Waals surface area contributed by atoms with Crippen molar-refractivity contribution in [1.29, 1.82) is 0 Å². The van der Waals surface area contributed by atoms with Crippen molar-refractivity contribution in [1.82, 2.24) is 4.90 Å². The number of hydrogen-bond acceptors (Lipinski definition) is 4. The first kappa shape index (κ1) is 15.7. The molecule has 0 spiro atoms. The minimum Gasteiger partial charge on any atom is -0.379 e. The highest BCUT2D eigenvalue weighted by atomic mass is 35.5. The second-order valence-corrected chi connectivity index (χ2v) is 4.88. The van der Waals surface area contributed by atoms with Gasteiger partial charge in [-0.3, -0.25) is 10.1 Å². The fourth-order valence-corrected chi connectivity index (χ4v) is 1.76. The fraction of sp³-hybridized carbons (Fsp3) is 0.500. The Morgan fingerprint density at radius 1 is 1.42 bits per heavy atom. The average Bonchev–Trinajstić information content (AvgIpc) is 2.32. The van der Waals surface area contributed by atoms with Crippen LogP contribution in [-0.4, -0.2) is 37.0 Å². The van der Waals surface area contributed by atoms with Crippen LogP contribution in [0.4, 0.5) is 15.8 Å². The van der Waals surface area contributed by atoms with Gasteiger partial charge in [-0.15, -0.1) is 0 Å². The molecule has 19 heavy (non-hydrogen) atoms. The Balaban J connectivity index is 2.62. The van der Waals surface area contributed by atoms with Crippen LogP contribution in [0.2, 0.25) is 5.02 Å². The van der Waals surface area contributed by atoms with E-state index >= 15 is 0 Å². The molecule has 0 amide bonds. The zero-order chi connectivity index (χ0) is 14.4. The van der Waals surface area contributed by atoms with Gasteiger partial charge in [-0.05, 0) is 33.5 Å². The summed E-state index contributed by atoms with van der Waals surface area (Å²) in [6.07, 6.45) is 1.81. The molecule has 106 valence electrons. The van der Waals surface area contributed by atoms with Crippen LogP contribution in [0.3, 0.4) is 0 Å². The number of nitro groups is 1. The van der Waals surface area contributed by atoms with Gasteiger partial charge in [0.05, 0.1) is 9.95 Å². The molecule has 0 saturated carbocycles. The van der Waals surface area contributed by atoms with E-state index in [-0.39, 0.29) is 16.4 Å². The van der Waals surface area contributed by atoms with Gasteiger partial charge in [-0.1, -0.05) is 11.6 Å². The summed E-state index contributed by atoms with van der Waals surface area (Å²) in [5, 5.41) is 13.5. The van der Waals surface area contributed by atoms with Crippen LogP contribution in [0, 0.1) is 15.9 Å². The summed E-state index contributed by atoms with van der Waals surface area (Å²) in [7, 11) is 3.96. The van der Waals surface area contributed by atoms with Crippen LogP contribution in [0.15, 0.2) is 12.1 Å². The van der Waals surface area contributed by atoms with E-state index < -0.39 is 10.7 Å². The lowest BCUT2D eigenvalue weighted by molar-refractivity contribution is -0.384. The van der Waals surface area contributed by atoms with E-state index in [1.54, 1.807) is 0 Å². The third-order valence-corrected chi connectivity index (χ3v) is 2.87. The van der Waals surface area contributed by atoms with Gasteiger partial charge in [0.2, 0.25) is 0 Å². The first-order chi connectivity index (χ1) is 8.91. The van der Waals surface area contributed by atoms with Gasteiger partial charge < -0.3 is 10.2 Å². The summed E-state index contributed by atoms with van der Waals surface area (Å²) < 4.78 is 13.3. The van der Waals surface area contributed by atoms with Gasteiger partial charge in [0.25, 0.3) is 5.69 Å². The van der Waals surface area contributed by atoms with E-state index in [1.807, 2.05) is 14.1 Å². The molecule has 0 aliphatic carbocycles. The molecule has 0 saturated heterocycles. The van der Waals surface area contributed by atoms with Crippen LogP contribution in [0.25, 0.3) is 0 Å². The predicted molar refractivity (Wildman–Crippen MR) is 74.3 cm³/mol. The number of halogens is 2. The van der Waals surface area contributed by atoms with Crippen molar-refractivity contribution in [2.75, 3.05) is 32.5 Å². The fourth-order valence-electron chi connectivity index (χ4n) is 1.61. The first-order valence-corrected chi connectivity index (χ1v) is 6.31. The molecule has 0 aliphatic heterocycles. The standard InChI is InChI=1S/C12H17ClFN3O2/c1-16(2)6-4-3-5-15-11-8-10(14)9(13)7-12(11)17(18)19/h7-8,15H,3-6H2,1-2H3. The Labute approximate surface area is 116 Å². The zero-order valence-electron chi connectivity index (χ0n) is 10.9. The number of rotatable bonds is 7. The number of nitrogens with zero attached hydrogens (tertiary/aromatic N) is 2. The molecule has 5 nitrogen and oxygen atoms in total. The molecule has 1 N–H and O–H groups in total. The lowest BCUT2D eigenvalue weighted by Crippen LogP contribution is -2.14. The summed E-state index contributed by atoms with van der Waals surface area (Å²) in [6, 6.07) is 2.09. The lowest BCUT2D eigenvalue weighted by atomic mass is 10.2. The molecule has 1 aromatic carbocycles. The summed E-state index contributed by atoms with van der Waals surface area (Å²) in [4.78, 5) is 12.3. The monoisotopic (exact) mass is 289 g/mol. The molecule has 0 heterocycles. The number of benzene rings is 1. The normalized spacial score (nSPS) is 10.8. The minimum atomic E-state index is -0.664. The average molecular weight is 290 g/mol. The number of nitrogens with one attached hydrogen (secondary N) is 1. The van der Waals surface area contributed by atoms with Gasteiger partial charge in [-0.25, -0.2) is 4.39 Å². The van der Waals surface area contributed by atoms with Gasteiger partial charge in [0.1, 0.15) is 11.5 Å². The quantitative estimate of drug-likeness (QED) is 0.476. The topological polar surface area (TPSA) is 58.4 Å². The Hall–Kier alpha value is -1.40. The number of nitro benzene ring substituents is 1. The summed E-state index contributed by atoms with van der Waals surface area (Å²) in [6.45, 7) is 1.49. The molecule has 0 atom stereocenters. The second kappa shape index (κ2) is 7.25. The molecule has 0 radical (unpaired) electrons. The Bertz CT molecular complexity index is 455. The van der Waals surface area contributed by atoms with Crippen LogP contribution < -0.4 is 5.32 Å². The number of anilines is 1. The SMILES string of the molecule is CN(C)CCCCNc1cc(F)c(Cl)cc1[N+](=O)[O-]. The first-order valence-electron chi connectivity index (χ1n) is 5.94. The van der Waals surface area contributed by atoms with Crippen molar-refractivity contribution in [2.45, 2.75) is 12.8 Å². The van der Waals surface area contributed by atoms with Crippen molar-refractivity contribution in [3.8, 4) is 0 Å². The highest BCUT2D eigenvalue weighted by Crippen LogP contribution is 2.30. The van der Waals surface area contributed by atoms with E-state index in [9.17, 15) is 14.5 Å². The van der Waals surface area contributed by atoms with Gasteiger partial charge in [0, 0.05) is 18.7 Å². The van der Waals surface area contributed by atoms with Crippen LogP contribution in [0.1, 0.15) is 12.8 Å². The van der Waals surface area contributed by atoms with Crippen molar-refractivity contribution in [2.24, 2.45) is 0 Å². The van der Waals surface area contributed by atoms with E-state index in [4.69, 9.17) is 11.6 Å². The summed E-state index contributed by atoms with van der Waals surface area (Å²) in [5.74, 6) is -0.664. The van der Waals surface area contributed by atoms with E-state index in [1.165, 1.54) is 0 Å². The van der Waals surface area contributed by atoms with Crippen molar-refractivity contribution in [3.05, 3.63) is 33.1 Å². The van der Waals surface area contributed by atoms with Crippen LogP contribution in [-0.2, 0) is 0 Å². The third-order valence-electron chi connectivity index (χ3n) is 2.58. The van der Waals surface area contributed by atoms with Crippen LogP contribution >= 0.6 is 11.6 Å². The minimum absolute atomic E-state index is 0.164. The number of unbranched alkanes of at least 4 members (excludes halogenated alkanes) is 1. The van der Waals surface area contributed by atoms with E-state index in [0.29, 0.717) is 6.54 Å². The van der Waals surface area contributed by atoms with Gasteiger partial charge in [0.15, 0.2) is 0 Å². The third kappa shape index (κ3) is 5.00. The number of hydrogen-bond donors (Lipinski definition) is 1. The van der Waals surface area contributed by atoms with Gasteiger partial charge >= 0.3 is 0 Å². The summed E-state index contributed by atoms with van der Waals surface area (Å²) in [5.41, 5.74) is -0.0456. The molecule has 0 unspecified atom stereocenters. The highest BCUT2D eigenvalue weighted by molar-refractivity contribution is 6.31. The molecular weight excluding hydrogens is 273 g/mol. The van der Waals surface area contributed by atoms with Crippen molar-refractivity contribution in [3.63, 3.8) is 0 Å². The molecule has 0 fully saturated rings. The second-order valence-electron chi connectivity index (χ2n) is 4.48. The largest absolute Gasteiger partial charge is 0.379 e. The van der Waals surface area contributed by atoms with Crippen molar-refractivity contribution < 1.29 is 9.31 Å². The Morgan fingerprint density at radius 3 is 2.68 bits per heavy atom.